The number of hydrogen-bond donors (Lipinski definition) is 1. The van der Waals surface area contributed by atoms with E-state index in [4.69, 9.17) is 5.41 Å². The minimum absolute atomic E-state index is 0.467. The van der Waals surface area contributed by atoms with E-state index >= 15 is 0 Å². The predicted molar refractivity (Wildman–Crippen MR) is 190 cm³/mol. The molecular weight excluding hydrogens is 542 g/mol. The zero-order valence-corrected chi connectivity index (χ0v) is 24.7. The Morgan fingerprint density at radius 3 is 1.73 bits per heavy atom. The Labute approximate surface area is 262 Å². The van der Waals surface area contributed by atoms with Gasteiger partial charge >= 0.3 is 0 Å². The van der Waals surface area contributed by atoms with Crippen molar-refractivity contribution < 1.29 is 0 Å². The lowest BCUT2D eigenvalue weighted by molar-refractivity contribution is 0.769. The van der Waals surface area contributed by atoms with Gasteiger partial charge in [-0.2, -0.15) is 0 Å². The minimum atomic E-state index is -0.467. The second-order valence-electron chi connectivity index (χ2n) is 12.0. The van der Waals surface area contributed by atoms with Gasteiger partial charge in [-0.05, 0) is 76.8 Å². The first-order chi connectivity index (χ1) is 22.3. The van der Waals surface area contributed by atoms with Crippen molar-refractivity contribution in [3.05, 3.63) is 192 Å². The Balaban J connectivity index is 1.34. The van der Waals surface area contributed by atoms with Crippen LogP contribution in [0.25, 0.3) is 54.6 Å². The average Bonchev–Trinajstić information content (AvgIpc) is 3.43. The maximum Gasteiger partial charge on any atom is 0.0713 e. The number of nitrogens with one attached hydrogen (secondary N) is 1. The van der Waals surface area contributed by atoms with Gasteiger partial charge in [0, 0.05) is 11.8 Å². The first-order valence-electron chi connectivity index (χ1n) is 15.5. The van der Waals surface area contributed by atoms with Gasteiger partial charge in [0.2, 0.25) is 0 Å². The summed E-state index contributed by atoms with van der Waals surface area (Å²) in [5.41, 5.74) is 10.5. The lowest BCUT2D eigenvalue weighted by atomic mass is 9.67. The van der Waals surface area contributed by atoms with Crippen LogP contribution in [0.1, 0.15) is 27.8 Å². The highest BCUT2D eigenvalue weighted by atomic mass is 14.5. The zero-order valence-electron chi connectivity index (χ0n) is 24.7. The Morgan fingerprint density at radius 2 is 0.978 bits per heavy atom. The largest absolute Gasteiger partial charge is 0.308 e. The van der Waals surface area contributed by atoms with Crippen LogP contribution < -0.4 is 0 Å². The molecule has 210 valence electrons. The molecule has 0 saturated carbocycles. The summed E-state index contributed by atoms with van der Waals surface area (Å²) in [7, 11) is 0. The monoisotopic (exact) mass is 571 g/mol. The molecule has 0 bridgehead atoms. The third kappa shape index (κ3) is 3.53. The van der Waals surface area contributed by atoms with Crippen molar-refractivity contribution in [2.45, 2.75) is 5.41 Å². The summed E-state index contributed by atoms with van der Waals surface area (Å²) >= 11 is 0. The third-order valence-electron chi connectivity index (χ3n) is 9.86. The van der Waals surface area contributed by atoms with Gasteiger partial charge in [-0.15, -0.1) is 0 Å². The van der Waals surface area contributed by atoms with Crippen molar-refractivity contribution in [1.82, 2.24) is 0 Å². The van der Waals surface area contributed by atoms with Crippen LogP contribution in [0.15, 0.2) is 164 Å². The molecule has 0 spiro atoms. The fourth-order valence-corrected chi connectivity index (χ4v) is 8.04. The molecule has 0 radical (unpaired) electrons. The van der Waals surface area contributed by atoms with E-state index in [-0.39, 0.29) is 0 Å². The number of hydrogen-bond acceptors (Lipinski definition) is 1. The summed E-state index contributed by atoms with van der Waals surface area (Å²) in [5.74, 6) is 0. The van der Waals surface area contributed by atoms with Gasteiger partial charge in [-0.3, -0.25) is 0 Å². The van der Waals surface area contributed by atoms with E-state index in [0.29, 0.717) is 0 Å². The zero-order chi connectivity index (χ0) is 30.0. The second-order valence-corrected chi connectivity index (χ2v) is 12.0. The molecule has 1 N–H and O–H groups in total. The minimum Gasteiger partial charge on any atom is -0.308 e. The average molecular weight is 572 g/mol. The lowest BCUT2D eigenvalue weighted by Gasteiger charge is -2.34. The van der Waals surface area contributed by atoms with E-state index < -0.39 is 5.41 Å². The van der Waals surface area contributed by atoms with Gasteiger partial charge in [-0.25, -0.2) is 0 Å². The topological polar surface area (TPSA) is 23.9 Å². The van der Waals surface area contributed by atoms with E-state index in [0.717, 1.165) is 22.1 Å². The van der Waals surface area contributed by atoms with Gasteiger partial charge in [0.25, 0.3) is 0 Å². The number of rotatable bonds is 4. The van der Waals surface area contributed by atoms with E-state index in [1.807, 2.05) is 0 Å². The van der Waals surface area contributed by atoms with Crippen LogP contribution in [0, 0.1) is 5.41 Å². The fourth-order valence-electron chi connectivity index (χ4n) is 8.04. The van der Waals surface area contributed by atoms with Crippen LogP contribution in [-0.4, -0.2) is 6.21 Å². The summed E-state index contributed by atoms with van der Waals surface area (Å²) in [6, 6.07) is 59.5. The molecule has 1 unspecified atom stereocenters. The molecule has 45 heavy (non-hydrogen) atoms. The van der Waals surface area contributed by atoms with E-state index in [1.54, 1.807) is 0 Å². The van der Waals surface area contributed by atoms with Crippen LogP contribution >= 0.6 is 0 Å². The smallest absolute Gasteiger partial charge is 0.0713 e. The van der Waals surface area contributed by atoms with E-state index in [9.17, 15) is 0 Å². The number of benzene rings is 8. The molecule has 1 aliphatic carbocycles. The second kappa shape index (κ2) is 9.87. The first-order valence-corrected chi connectivity index (χ1v) is 15.5. The first kappa shape index (κ1) is 25.7. The molecule has 1 atom stereocenters. The van der Waals surface area contributed by atoms with Crippen LogP contribution in [0.2, 0.25) is 0 Å². The molecule has 0 aliphatic heterocycles. The van der Waals surface area contributed by atoms with Crippen molar-refractivity contribution in [3.8, 4) is 22.3 Å². The number of fused-ring (bicyclic) bond motifs is 8. The standard InChI is InChI=1S/C44H29N/c45-28-39-36-18-7-6-16-34(36)35-17-8-9-19-37(35)42(39)30-22-25-32(26-23-30)44(31-13-2-1-3-14-31)40-21-11-10-20-38(40)43-33-15-5-4-12-29(33)24-27-41(43)44/h1-28,45H. The SMILES string of the molecule is N=Cc1c(-c2ccc(C3(c4ccccc4)c4ccccc4-c4c3ccc3ccccc43)cc2)c2ccccc2c2ccccc12. The van der Waals surface area contributed by atoms with Gasteiger partial charge in [0.05, 0.1) is 5.41 Å². The summed E-state index contributed by atoms with van der Waals surface area (Å²) < 4.78 is 0. The molecule has 1 nitrogen and oxygen atoms in total. The Morgan fingerprint density at radius 1 is 0.400 bits per heavy atom. The predicted octanol–water partition coefficient (Wildman–Crippen LogP) is 11.2. The van der Waals surface area contributed by atoms with Crippen LogP contribution in [-0.2, 0) is 5.41 Å². The van der Waals surface area contributed by atoms with Crippen molar-refractivity contribution in [3.63, 3.8) is 0 Å². The Kier molecular flexibility index (Phi) is 5.63. The van der Waals surface area contributed by atoms with Crippen molar-refractivity contribution in [2.24, 2.45) is 0 Å². The molecule has 0 saturated heterocycles. The normalized spacial score (nSPS) is 15.3. The molecule has 9 rings (SSSR count). The van der Waals surface area contributed by atoms with E-state index in [2.05, 4.69) is 164 Å². The molecule has 8 aromatic carbocycles. The van der Waals surface area contributed by atoms with Crippen LogP contribution in [0.5, 0.6) is 0 Å². The molecule has 1 aliphatic rings. The lowest BCUT2D eigenvalue weighted by Crippen LogP contribution is -2.28. The quantitative estimate of drug-likeness (QED) is 0.160. The molecular formula is C44H29N. The van der Waals surface area contributed by atoms with Crippen LogP contribution in [0.3, 0.4) is 0 Å². The van der Waals surface area contributed by atoms with Gasteiger partial charge in [0.15, 0.2) is 0 Å². The molecule has 8 aromatic rings. The maximum absolute atomic E-state index is 8.52. The molecule has 0 heterocycles. The molecule has 0 amide bonds. The Hall–Kier alpha value is -5.79. The van der Waals surface area contributed by atoms with Crippen molar-refractivity contribution >= 4 is 38.5 Å². The van der Waals surface area contributed by atoms with E-state index in [1.165, 1.54) is 66.5 Å². The summed E-state index contributed by atoms with van der Waals surface area (Å²) in [4.78, 5) is 0. The summed E-state index contributed by atoms with van der Waals surface area (Å²) in [6.45, 7) is 0. The molecule has 0 aromatic heterocycles. The van der Waals surface area contributed by atoms with Gasteiger partial charge in [-0.1, -0.05) is 164 Å². The maximum atomic E-state index is 8.52. The molecule has 1 heteroatoms. The molecule has 0 fully saturated rings. The van der Waals surface area contributed by atoms with Crippen molar-refractivity contribution in [1.29, 1.82) is 5.41 Å². The van der Waals surface area contributed by atoms with Crippen molar-refractivity contribution in [2.75, 3.05) is 0 Å². The summed E-state index contributed by atoms with van der Waals surface area (Å²) in [5, 5.41) is 15.7. The van der Waals surface area contributed by atoms with Crippen LogP contribution in [0.4, 0.5) is 0 Å². The Bertz CT molecular complexity index is 2440. The highest BCUT2D eigenvalue weighted by molar-refractivity contribution is 6.21. The van der Waals surface area contributed by atoms with Gasteiger partial charge in [0.1, 0.15) is 0 Å². The van der Waals surface area contributed by atoms with Gasteiger partial charge < -0.3 is 5.41 Å². The third-order valence-corrected chi connectivity index (χ3v) is 9.86. The highest BCUT2D eigenvalue weighted by Gasteiger charge is 2.46. The summed E-state index contributed by atoms with van der Waals surface area (Å²) in [6.07, 6.45) is 1.53. The highest BCUT2D eigenvalue weighted by Crippen LogP contribution is 2.57. The fraction of sp³-hybridized carbons (Fsp3) is 0.0227.